The Labute approximate surface area is 119 Å². The molecule has 0 bridgehead atoms. The summed E-state index contributed by atoms with van der Waals surface area (Å²) < 4.78 is 48.5. The van der Waals surface area contributed by atoms with Gasteiger partial charge in [0.1, 0.15) is 0 Å². The molecule has 1 aliphatic heterocycles. The first-order valence-electron chi connectivity index (χ1n) is 6.62. The molecule has 1 amide bonds. The Bertz CT molecular complexity index is 355. The van der Waals surface area contributed by atoms with E-state index in [1.165, 1.54) is 0 Å². The zero-order valence-electron chi connectivity index (χ0n) is 11.6. The van der Waals surface area contributed by atoms with Crippen LogP contribution in [0.4, 0.5) is 13.2 Å². The van der Waals surface area contributed by atoms with E-state index in [4.69, 9.17) is 0 Å². The lowest BCUT2D eigenvalue weighted by Crippen LogP contribution is -2.51. The van der Waals surface area contributed by atoms with Gasteiger partial charge < -0.3 is 10.6 Å². The van der Waals surface area contributed by atoms with Gasteiger partial charge in [0.25, 0.3) is 0 Å². The van der Waals surface area contributed by atoms with Crippen LogP contribution in [0.25, 0.3) is 0 Å². The van der Waals surface area contributed by atoms with Crippen molar-refractivity contribution in [2.24, 2.45) is 5.92 Å². The smallest absolute Gasteiger partial charge is 0.355 e. The van der Waals surface area contributed by atoms with Gasteiger partial charge >= 0.3 is 6.18 Å². The lowest BCUT2D eigenvalue weighted by molar-refractivity contribution is -0.180. The molecule has 4 atom stereocenters. The van der Waals surface area contributed by atoms with Crippen LogP contribution in [0.15, 0.2) is 0 Å². The number of hydrogen-bond acceptors (Lipinski definition) is 3. The Morgan fingerprint density at radius 3 is 2.55 bits per heavy atom. The molecule has 0 aromatic heterocycles. The Hall–Kier alpha value is -0.630. The molecule has 8 heteroatoms. The zero-order chi connectivity index (χ0) is 15.3. The molecule has 0 aromatic carbocycles. The van der Waals surface area contributed by atoms with Crippen LogP contribution in [0, 0.1) is 5.92 Å². The van der Waals surface area contributed by atoms with Crippen LogP contribution in [0.1, 0.15) is 26.2 Å². The number of hydrogen-bond donors (Lipinski definition) is 2. The third kappa shape index (κ3) is 5.40. The van der Waals surface area contributed by atoms with Gasteiger partial charge in [-0.25, -0.2) is 0 Å². The molecule has 0 radical (unpaired) electrons. The molecule has 0 aromatic rings. The summed E-state index contributed by atoms with van der Waals surface area (Å²) in [5, 5.41) is 5.31. The molecule has 20 heavy (non-hydrogen) atoms. The van der Waals surface area contributed by atoms with Gasteiger partial charge in [-0.05, 0) is 19.3 Å². The van der Waals surface area contributed by atoms with Crippen LogP contribution in [0.2, 0.25) is 0 Å². The van der Waals surface area contributed by atoms with E-state index >= 15 is 0 Å². The minimum absolute atomic E-state index is 0.00998. The molecule has 1 saturated heterocycles. The number of rotatable bonds is 5. The molecule has 0 spiro atoms. The number of carbonyl (C=O) groups is 1. The van der Waals surface area contributed by atoms with Crippen LogP contribution < -0.4 is 10.6 Å². The van der Waals surface area contributed by atoms with Crippen molar-refractivity contribution in [1.82, 2.24) is 10.6 Å². The van der Waals surface area contributed by atoms with Gasteiger partial charge in [0.15, 0.2) is 0 Å². The summed E-state index contributed by atoms with van der Waals surface area (Å²) in [5.74, 6) is -1.64. The quantitative estimate of drug-likeness (QED) is 0.801. The Morgan fingerprint density at radius 2 is 2.10 bits per heavy atom. The molecule has 0 aliphatic carbocycles. The molecule has 1 heterocycles. The molecule has 1 fully saturated rings. The number of amides is 1. The van der Waals surface area contributed by atoms with Crippen LogP contribution >= 0.6 is 0 Å². The highest BCUT2D eigenvalue weighted by molar-refractivity contribution is 7.84. The molecular formula is C12H21F3N2O2S. The third-order valence-corrected chi connectivity index (χ3v) is 4.98. The van der Waals surface area contributed by atoms with Crippen LogP contribution in [0.5, 0.6) is 0 Å². The SMILES string of the molecule is CC(CCNC(=O)C1CCC(C(F)(F)F)CN1)S(C)=O. The van der Waals surface area contributed by atoms with E-state index in [1.54, 1.807) is 6.26 Å². The maximum atomic E-state index is 12.5. The number of carbonyl (C=O) groups excluding carboxylic acids is 1. The summed E-state index contributed by atoms with van der Waals surface area (Å²) in [4.78, 5) is 11.8. The standard InChI is InChI=1S/C12H21F3N2O2S/c1-8(20(2)19)5-6-16-11(18)10-4-3-9(7-17-10)12(13,14)15/h8-10,17H,3-7H2,1-2H3,(H,16,18). The summed E-state index contributed by atoms with van der Waals surface area (Å²) in [5.41, 5.74) is 0. The van der Waals surface area contributed by atoms with Gasteiger partial charge in [-0.2, -0.15) is 13.2 Å². The monoisotopic (exact) mass is 314 g/mol. The molecule has 2 N–H and O–H groups in total. The normalized spacial score (nSPS) is 26.9. The van der Waals surface area contributed by atoms with Crippen LogP contribution in [-0.2, 0) is 15.6 Å². The van der Waals surface area contributed by atoms with Crippen molar-refractivity contribution < 1.29 is 22.2 Å². The van der Waals surface area contributed by atoms with Gasteiger partial charge in [-0.1, -0.05) is 6.92 Å². The lowest BCUT2D eigenvalue weighted by Gasteiger charge is -2.30. The Morgan fingerprint density at radius 1 is 1.45 bits per heavy atom. The number of piperidine rings is 1. The second-order valence-electron chi connectivity index (χ2n) is 5.17. The van der Waals surface area contributed by atoms with Gasteiger partial charge in [0.05, 0.1) is 12.0 Å². The summed E-state index contributed by atoms with van der Waals surface area (Å²) in [6, 6.07) is -0.559. The molecular weight excluding hydrogens is 293 g/mol. The fraction of sp³-hybridized carbons (Fsp3) is 0.917. The first-order valence-corrected chi connectivity index (χ1v) is 8.24. The predicted molar refractivity (Wildman–Crippen MR) is 71.7 cm³/mol. The summed E-state index contributed by atoms with van der Waals surface area (Å²) >= 11 is 0. The number of nitrogens with one attached hydrogen (secondary N) is 2. The Balaban J connectivity index is 2.28. The first-order chi connectivity index (χ1) is 9.21. The summed E-state index contributed by atoms with van der Waals surface area (Å²) in [6.45, 7) is 2.01. The van der Waals surface area contributed by atoms with Crippen molar-refractivity contribution in [3.8, 4) is 0 Å². The van der Waals surface area contributed by atoms with E-state index in [9.17, 15) is 22.2 Å². The predicted octanol–water partition coefficient (Wildman–Crippen LogP) is 1.19. The Kier molecular flexibility index (Phi) is 6.44. The molecule has 118 valence electrons. The lowest BCUT2D eigenvalue weighted by atomic mass is 9.94. The second kappa shape index (κ2) is 7.40. The third-order valence-electron chi connectivity index (χ3n) is 3.61. The average molecular weight is 314 g/mol. The van der Waals surface area contributed by atoms with E-state index in [0.29, 0.717) is 13.0 Å². The van der Waals surface area contributed by atoms with E-state index < -0.39 is 28.9 Å². The molecule has 0 saturated carbocycles. The van der Waals surface area contributed by atoms with Crippen LogP contribution in [-0.4, -0.2) is 46.9 Å². The van der Waals surface area contributed by atoms with Gasteiger partial charge in [0.2, 0.25) is 5.91 Å². The molecule has 1 aliphatic rings. The van der Waals surface area contributed by atoms with E-state index in [-0.39, 0.29) is 30.5 Å². The summed E-state index contributed by atoms with van der Waals surface area (Å²) in [6.07, 6.45) is -1.84. The van der Waals surface area contributed by atoms with Gasteiger partial charge in [-0.3, -0.25) is 9.00 Å². The zero-order valence-corrected chi connectivity index (χ0v) is 12.4. The largest absolute Gasteiger partial charge is 0.393 e. The van der Waals surface area contributed by atoms with Crippen molar-refractivity contribution in [1.29, 1.82) is 0 Å². The van der Waals surface area contributed by atoms with Gasteiger partial charge in [-0.15, -0.1) is 0 Å². The van der Waals surface area contributed by atoms with E-state index in [2.05, 4.69) is 10.6 Å². The van der Waals surface area contributed by atoms with Crippen LogP contribution in [0.3, 0.4) is 0 Å². The van der Waals surface area contributed by atoms with Gasteiger partial charge in [0, 0.05) is 35.4 Å². The minimum atomic E-state index is -4.20. The second-order valence-corrected chi connectivity index (χ2v) is 6.97. The topological polar surface area (TPSA) is 58.2 Å². The minimum Gasteiger partial charge on any atom is -0.355 e. The highest BCUT2D eigenvalue weighted by Gasteiger charge is 2.42. The highest BCUT2D eigenvalue weighted by Crippen LogP contribution is 2.31. The fourth-order valence-electron chi connectivity index (χ4n) is 2.05. The maximum absolute atomic E-state index is 12.5. The molecule has 4 nitrogen and oxygen atoms in total. The molecule has 1 rings (SSSR count). The van der Waals surface area contributed by atoms with Crippen molar-refractivity contribution in [2.45, 2.75) is 43.7 Å². The fourth-order valence-corrected chi connectivity index (χ4v) is 2.50. The maximum Gasteiger partial charge on any atom is 0.393 e. The van der Waals surface area contributed by atoms with E-state index in [1.807, 2.05) is 6.92 Å². The average Bonchev–Trinajstić information content (AvgIpc) is 2.37. The first kappa shape index (κ1) is 17.4. The van der Waals surface area contributed by atoms with Crippen molar-refractivity contribution in [3.05, 3.63) is 0 Å². The van der Waals surface area contributed by atoms with Crippen molar-refractivity contribution >= 4 is 16.7 Å². The summed E-state index contributed by atoms with van der Waals surface area (Å²) in [7, 11) is -0.936. The number of halogens is 3. The van der Waals surface area contributed by atoms with Crippen molar-refractivity contribution in [2.75, 3.05) is 19.3 Å². The highest BCUT2D eigenvalue weighted by atomic mass is 32.2. The van der Waals surface area contributed by atoms with E-state index in [0.717, 1.165) is 0 Å². The van der Waals surface area contributed by atoms with Crippen molar-refractivity contribution in [3.63, 3.8) is 0 Å². The number of alkyl halides is 3. The molecule has 4 unspecified atom stereocenters.